The van der Waals surface area contributed by atoms with Crippen molar-refractivity contribution < 1.29 is 33.7 Å². The van der Waals surface area contributed by atoms with Crippen LogP contribution in [0.3, 0.4) is 0 Å². The Morgan fingerprint density at radius 3 is 2.77 bits per heavy atom. The maximum atomic E-state index is 10.9. The molecule has 3 rings (SSSR count). The number of benzene rings is 1. The van der Waals surface area contributed by atoms with Crippen LogP contribution < -0.4 is 18.9 Å². The van der Waals surface area contributed by atoms with Crippen molar-refractivity contribution >= 4 is 11.7 Å². The van der Waals surface area contributed by atoms with Gasteiger partial charge in [-0.1, -0.05) is 5.16 Å². The van der Waals surface area contributed by atoms with Gasteiger partial charge in [0.05, 0.1) is 14.2 Å². The van der Waals surface area contributed by atoms with Gasteiger partial charge in [0.2, 0.25) is 18.3 Å². The molecule has 0 radical (unpaired) electrons. The number of carboxylic acid groups (broad SMARTS) is 1. The molecule has 0 spiro atoms. The van der Waals surface area contributed by atoms with E-state index in [0.29, 0.717) is 29.4 Å². The van der Waals surface area contributed by atoms with Gasteiger partial charge in [-0.05, 0) is 6.07 Å². The minimum absolute atomic E-state index is 0.0108. The van der Waals surface area contributed by atoms with Gasteiger partial charge in [0.1, 0.15) is 6.10 Å². The van der Waals surface area contributed by atoms with Crippen LogP contribution in [0.25, 0.3) is 0 Å². The first-order chi connectivity index (χ1) is 10.6. The molecular formula is C14H15NO7. The molecule has 2 aliphatic heterocycles. The summed E-state index contributed by atoms with van der Waals surface area (Å²) in [6, 6.07) is 1.78. The molecule has 1 N–H and O–H groups in total. The van der Waals surface area contributed by atoms with Crippen LogP contribution in [-0.2, 0) is 16.1 Å². The van der Waals surface area contributed by atoms with E-state index in [1.165, 1.54) is 14.2 Å². The minimum Gasteiger partial charge on any atom is -0.492 e. The number of hydrogen-bond acceptors (Lipinski definition) is 7. The van der Waals surface area contributed by atoms with Crippen LogP contribution in [0, 0.1) is 0 Å². The van der Waals surface area contributed by atoms with Crippen LogP contribution >= 0.6 is 0 Å². The highest BCUT2D eigenvalue weighted by Crippen LogP contribution is 2.49. The molecule has 1 aromatic rings. The molecule has 8 heteroatoms. The third kappa shape index (κ3) is 2.36. The lowest BCUT2D eigenvalue weighted by atomic mass is 10.0. The Hall–Kier alpha value is -2.64. The van der Waals surface area contributed by atoms with Crippen molar-refractivity contribution in [1.29, 1.82) is 0 Å². The Labute approximate surface area is 126 Å². The number of ether oxygens (including phenoxy) is 4. The summed E-state index contributed by atoms with van der Waals surface area (Å²) in [6.07, 6.45) is 0.274. The Bertz CT molecular complexity index is 641. The van der Waals surface area contributed by atoms with E-state index in [1.807, 2.05) is 0 Å². The standard InChI is InChI=1S/C14H15NO7/c1-18-11-7(3-8-5-9(14(16)17)15-22-8)4-10-12(13(11)19-2)21-6-20-10/h4,8H,3,5-6H2,1-2H3,(H,16,17)/t8-/m1/s1. The molecule has 2 aliphatic rings. The quantitative estimate of drug-likeness (QED) is 0.873. The lowest BCUT2D eigenvalue weighted by Crippen LogP contribution is -2.16. The summed E-state index contributed by atoms with van der Waals surface area (Å²) in [5.41, 5.74) is 0.784. The number of fused-ring (bicyclic) bond motifs is 1. The zero-order valence-corrected chi connectivity index (χ0v) is 12.1. The van der Waals surface area contributed by atoms with Crippen molar-refractivity contribution in [2.24, 2.45) is 5.16 Å². The molecule has 8 nitrogen and oxygen atoms in total. The highest BCUT2D eigenvalue weighted by atomic mass is 16.7. The summed E-state index contributed by atoms with van der Waals surface area (Å²) in [7, 11) is 3.04. The van der Waals surface area contributed by atoms with Crippen molar-refractivity contribution in [2.75, 3.05) is 21.0 Å². The van der Waals surface area contributed by atoms with Crippen molar-refractivity contribution in [3.8, 4) is 23.0 Å². The highest BCUT2D eigenvalue weighted by molar-refractivity contribution is 6.35. The molecule has 0 saturated carbocycles. The second kappa shape index (κ2) is 5.63. The molecule has 0 aromatic heterocycles. The predicted molar refractivity (Wildman–Crippen MR) is 73.9 cm³/mol. The van der Waals surface area contributed by atoms with Gasteiger partial charge in [-0.3, -0.25) is 0 Å². The van der Waals surface area contributed by atoms with Crippen LogP contribution in [0.2, 0.25) is 0 Å². The van der Waals surface area contributed by atoms with Crippen LogP contribution in [0.5, 0.6) is 23.0 Å². The van der Waals surface area contributed by atoms with Crippen molar-refractivity contribution in [3.05, 3.63) is 11.6 Å². The maximum absolute atomic E-state index is 10.9. The fourth-order valence-corrected chi connectivity index (χ4v) is 2.52. The SMILES string of the molecule is COc1c(C[C@@H]2CC(C(=O)O)=NO2)cc2c(c1OC)OCO2. The molecule has 0 bridgehead atoms. The summed E-state index contributed by atoms with van der Waals surface area (Å²) in [4.78, 5) is 16.0. The van der Waals surface area contributed by atoms with Crippen LogP contribution in [0.4, 0.5) is 0 Å². The molecule has 2 heterocycles. The lowest BCUT2D eigenvalue weighted by Gasteiger charge is -2.16. The zero-order valence-electron chi connectivity index (χ0n) is 12.1. The van der Waals surface area contributed by atoms with E-state index in [2.05, 4.69) is 5.16 Å². The number of carboxylic acids is 1. The van der Waals surface area contributed by atoms with Crippen LogP contribution in [-0.4, -0.2) is 43.9 Å². The molecule has 0 saturated heterocycles. The maximum Gasteiger partial charge on any atom is 0.353 e. The first-order valence-electron chi connectivity index (χ1n) is 6.63. The number of carbonyl (C=O) groups is 1. The number of methoxy groups -OCH3 is 2. The Morgan fingerprint density at radius 1 is 1.36 bits per heavy atom. The van der Waals surface area contributed by atoms with E-state index in [4.69, 9.17) is 28.9 Å². The van der Waals surface area contributed by atoms with E-state index in [-0.39, 0.29) is 25.0 Å². The molecular weight excluding hydrogens is 294 g/mol. The van der Waals surface area contributed by atoms with Gasteiger partial charge < -0.3 is 28.9 Å². The number of rotatable bonds is 5. The largest absolute Gasteiger partial charge is 0.492 e. The van der Waals surface area contributed by atoms with Gasteiger partial charge in [0.15, 0.2) is 17.2 Å². The summed E-state index contributed by atoms with van der Waals surface area (Å²) >= 11 is 0. The second-order valence-electron chi connectivity index (χ2n) is 4.81. The summed E-state index contributed by atoms with van der Waals surface area (Å²) < 4.78 is 21.5. The van der Waals surface area contributed by atoms with Crippen molar-refractivity contribution in [3.63, 3.8) is 0 Å². The second-order valence-corrected chi connectivity index (χ2v) is 4.81. The molecule has 0 fully saturated rings. The fraction of sp³-hybridized carbons (Fsp3) is 0.429. The third-order valence-corrected chi connectivity index (χ3v) is 3.49. The molecule has 0 unspecified atom stereocenters. The summed E-state index contributed by atoms with van der Waals surface area (Å²) in [5, 5.41) is 12.5. The third-order valence-electron chi connectivity index (χ3n) is 3.49. The highest BCUT2D eigenvalue weighted by Gasteiger charge is 2.31. The Balaban J connectivity index is 1.87. The average Bonchev–Trinajstić information content (AvgIpc) is 3.14. The minimum atomic E-state index is -1.07. The Morgan fingerprint density at radius 2 is 2.14 bits per heavy atom. The Kier molecular flexibility index (Phi) is 3.66. The molecule has 22 heavy (non-hydrogen) atoms. The van der Waals surface area contributed by atoms with Gasteiger partial charge in [0.25, 0.3) is 0 Å². The zero-order chi connectivity index (χ0) is 15.7. The first-order valence-corrected chi connectivity index (χ1v) is 6.63. The molecule has 0 aliphatic carbocycles. The smallest absolute Gasteiger partial charge is 0.353 e. The van der Waals surface area contributed by atoms with Crippen molar-refractivity contribution in [1.82, 2.24) is 0 Å². The van der Waals surface area contributed by atoms with E-state index in [9.17, 15) is 4.79 Å². The number of hydrogen-bond donors (Lipinski definition) is 1. The van der Waals surface area contributed by atoms with E-state index in [0.717, 1.165) is 5.56 Å². The van der Waals surface area contributed by atoms with Gasteiger partial charge in [-0.25, -0.2) is 4.79 Å². The van der Waals surface area contributed by atoms with Gasteiger partial charge in [0, 0.05) is 18.4 Å². The van der Waals surface area contributed by atoms with Gasteiger partial charge >= 0.3 is 5.97 Å². The predicted octanol–water partition coefficient (Wildman–Crippen LogP) is 1.20. The van der Waals surface area contributed by atoms with Crippen LogP contribution in [0.15, 0.2) is 11.2 Å². The monoisotopic (exact) mass is 309 g/mol. The first kappa shape index (κ1) is 14.3. The summed E-state index contributed by atoms with van der Waals surface area (Å²) in [5.74, 6) is 0.949. The van der Waals surface area contributed by atoms with Crippen molar-refractivity contribution in [2.45, 2.75) is 18.9 Å². The molecule has 1 atom stereocenters. The summed E-state index contributed by atoms with van der Waals surface area (Å²) in [6.45, 7) is 0.116. The number of oxime groups is 1. The molecule has 118 valence electrons. The normalized spacial score (nSPS) is 18.6. The topological polar surface area (TPSA) is 95.8 Å². The lowest BCUT2D eigenvalue weighted by molar-refractivity contribution is -0.129. The molecule has 0 amide bonds. The van der Waals surface area contributed by atoms with Crippen LogP contribution in [0.1, 0.15) is 12.0 Å². The molecule has 1 aromatic carbocycles. The van der Waals surface area contributed by atoms with E-state index >= 15 is 0 Å². The van der Waals surface area contributed by atoms with E-state index < -0.39 is 5.97 Å². The number of aliphatic carboxylic acids is 1. The van der Waals surface area contributed by atoms with E-state index in [1.54, 1.807) is 6.07 Å². The van der Waals surface area contributed by atoms with Gasteiger partial charge in [-0.2, -0.15) is 0 Å². The fourth-order valence-electron chi connectivity index (χ4n) is 2.52. The average molecular weight is 309 g/mol. The number of nitrogens with zero attached hydrogens (tertiary/aromatic N) is 1. The van der Waals surface area contributed by atoms with Gasteiger partial charge in [-0.15, -0.1) is 0 Å².